The van der Waals surface area contributed by atoms with Gasteiger partial charge in [0.15, 0.2) is 11.5 Å². The highest BCUT2D eigenvalue weighted by atomic mass is 16.5. The molecule has 4 rings (SSSR count). The SMILES string of the molecule is CCOc1cc(C(C(=O)NCc2cccc(O)c2)N(N)c2ccc3cnccc3c2)ccc1OC(C)C. The maximum Gasteiger partial charge on any atom is 0.249 e. The Labute approximate surface area is 216 Å². The minimum atomic E-state index is -0.871. The molecule has 1 unspecified atom stereocenters. The summed E-state index contributed by atoms with van der Waals surface area (Å²) in [5.41, 5.74) is 2.08. The monoisotopic (exact) mass is 500 g/mol. The van der Waals surface area contributed by atoms with Crippen LogP contribution in [0.2, 0.25) is 0 Å². The standard InChI is InChI=1S/C29H32N4O4/c1-4-36-27-16-22(9-11-26(27)37-19(2)3)28(29(35)32-17-20-6-5-7-25(34)14-20)33(30)24-10-8-23-18-31-13-12-21(23)15-24/h5-16,18-19,28,34H,4,17,30H2,1-3H3,(H,32,35). The van der Waals surface area contributed by atoms with Crippen molar-refractivity contribution in [3.05, 3.63) is 90.3 Å². The highest BCUT2D eigenvalue weighted by Gasteiger charge is 2.28. The Hall–Kier alpha value is -4.30. The zero-order valence-electron chi connectivity index (χ0n) is 21.2. The van der Waals surface area contributed by atoms with E-state index in [4.69, 9.17) is 15.3 Å². The van der Waals surface area contributed by atoms with E-state index >= 15 is 0 Å². The van der Waals surface area contributed by atoms with Crippen LogP contribution in [-0.4, -0.2) is 28.7 Å². The summed E-state index contributed by atoms with van der Waals surface area (Å²) in [4.78, 5) is 17.8. The molecule has 0 spiro atoms. The number of hydrazine groups is 1. The fraction of sp³-hybridized carbons (Fsp3) is 0.241. The van der Waals surface area contributed by atoms with Crippen LogP contribution in [-0.2, 0) is 11.3 Å². The molecule has 4 aromatic rings. The maximum absolute atomic E-state index is 13.6. The summed E-state index contributed by atoms with van der Waals surface area (Å²) < 4.78 is 11.7. The Morgan fingerprint density at radius 2 is 1.89 bits per heavy atom. The summed E-state index contributed by atoms with van der Waals surface area (Å²) in [6.45, 7) is 6.45. The van der Waals surface area contributed by atoms with Crippen molar-refractivity contribution in [2.75, 3.05) is 11.6 Å². The molecular weight excluding hydrogens is 468 g/mol. The van der Waals surface area contributed by atoms with Crippen molar-refractivity contribution in [2.45, 2.75) is 39.5 Å². The van der Waals surface area contributed by atoms with Gasteiger partial charge in [0.2, 0.25) is 5.91 Å². The second-order valence-corrected chi connectivity index (χ2v) is 8.91. The number of hydrogen-bond donors (Lipinski definition) is 3. The molecule has 0 aliphatic carbocycles. The number of phenolic OH excluding ortho intramolecular Hbond substituents is 1. The number of anilines is 1. The minimum Gasteiger partial charge on any atom is -0.508 e. The summed E-state index contributed by atoms with van der Waals surface area (Å²) in [6, 6.07) is 18.9. The smallest absolute Gasteiger partial charge is 0.249 e. The zero-order chi connectivity index (χ0) is 26.4. The third-order valence-corrected chi connectivity index (χ3v) is 5.77. The van der Waals surface area contributed by atoms with E-state index in [9.17, 15) is 9.90 Å². The number of carbonyl (C=O) groups excluding carboxylic acids is 1. The number of amides is 1. The molecule has 192 valence electrons. The highest BCUT2D eigenvalue weighted by Crippen LogP contribution is 2.34. The lowest BCUT2D eigenvalue weighted by Gasteiger charge is -2.29. The first-order chi connectivity index (χ1) is 17.9. The van der Waals surface area contributed by atoms with Crippen LogP contribution in [0.5, 0.6) is 17.2 Å². The number of fused-ring (bicyclic) bond motifs is 1. The number of nitrogens with two attached hydrogens (primary N) is 1. The van der Waals surface area contributed by atoms with Gasteiger partial charge in [-0.25, -0.2) is 5.84 Å². The summed E-state index contributed by atoms with van der Waals surface area (Å²) in [6.07, 6.45) is 3.46. The Balaban J connectivity index is 1.71. The van der Waals surface area contributed by atoms with Crippen molar-refractivity contribution in [2.24, 2.45) is 5.84 Å². The van der Waals surface area contributed by atoms with Gasteiger partial charge in [0.1, 0.15) is 11.8 Å². The molecule has 8 nitrogen and oxygen atoms in total. The molecule has 0 saturated heterocycles. The lowest BCUT2D eigenvalue weighted by atomic mass is 10.0. The van der Waals surface area contributed by atoms with Gasteiger partial charge in [0.05, 0.1) is 18.4 Å². The van der Waals surface area contributed by atoms with Gasteiger partial charge in [0, 0.05) is 24.3 Å². The first kappa shape index (κ1) is 25.8. The number of ether oxygens (including phenoxy) is 2. The first-order valence-electron chi connectivity index (χ1n) is 12.2. The van der Waals surface area contributed by atoms with E-state index in [0.717, 1.165) is 16.3 Å². The molecule has 3 aromatic carbocycles. The van der Waals surface area contributed by atoms with Crippen LogP contribution in [0.4, 0.5) is 5.69 Å². The van der Waals surface area contributed by atoms with E-state index in [0.29, 0.717) is 29.4 Å². The van der Waals surface area contributed by atoms with Crippen molar-refractivity contribution >= 4 is 22.4 Å². The topological polar surface area (TPSA) is 110 Å². The molecule has 0 aliphatic rings. The molecule has 1 aromatic heterocycles. The number of carbonyl (C=O) groups is 1. The number of nitrogens with zero attached hydrogens (tertiary/aromatic N) is 2. The molecular formula is C29H32N4O4. The van der Waals surface area contributed by atoms with E-state index in [1.807, 2.05) is 57.2 Å². The van der Waals surface area contributed by atoms with E-state index in [2.05, 4.69) is 10.3 Å². The van der Waals surface area contributed by atoms with Crippen LogP contribution in [0.25, 0.3) is 10.8 Å². The van der Waals surface area contributed by atoms with Crippen molar-refractivity contribution in [3.63, 3.8) is 0 Å². The molecule has 0 saturated carbocycles. The lowest BCUT2D eigenvalue weighted by molar-refractivity contribution is -0.122. The molecule has 1 heterocycles. The Kier molecular flexibility index (Phi) is 8.10. The normalized spacial score (nSPS) is 11.8. The zero-order valence-corrected chi connectivity index (χ0v) is 21.2. The Morgan fingerprint density at radius 1 is 1.05 bits per heavy atom. The van der Waals surface area contributed by atoms with Crippen LogP contribution in [0.15, 0.2) is 79.1 Å². The van der Waals surface area contributed by atoms with Crippen LogP contribution in [0.3, 0.4) is 0 Å². The third-order valence-electron chi connectivity index (χ3n) is 5.77. The number of pyridine rings is 1. The third kappa shape index (κ3) is 6.29. The van der Waals surface area contributed by atoms with Crippen LogP contribution in [0, 0.1) is 0 Å². The number of rotatable bonds is 10. The van der Waals surface area contributed by atoms with Gasteiger partial charge < -0.3 is 19.9 Å². The largest absolute Gasteiger partial charge is 0.508 e. The number of aromatic hydroxyl groups is 1. The van der Waals surface area contributed by atoms with E-state index in [1.54, 1.807) is 42.7 Å². The van der Waals surface area contributed by atoms with Gasteiger partial charge in [-0.1, -0.05) is 24.3 Å². The predicted molar refractivity (Wildman–Crippen MR) is 144 cm³/mol. The van der Waals surface area contributed by atoms with Gasteiger partial charge in [-0.3, -0.25) is 14.8 Å². The molecule has 1 atom stereocenters. The quantitative estimate of drug-likeness (QED) is 0.211. The molecule has 8 heteroatoms. The summed E-state index contributed by atoms with van der Waals surface area (Å²) >= 11 is 0. The summed E-state index contributed by atoms with van der Waals surface area (Å²) in [5, 5.41) is 16.1. The molecule has 0 fully saturated rings. The van der Waals surface area contributed by atoms with Crippen molar-refractivity contribution in [1.29, 1.82) is 0 Å². The average Bonchev–Trinajstić information content (AvgIpc) is 2.88. The average molecular weight is 501 g/mol. The number of phenols is 1. The Bertz CT molecular complexity index is 1380. The lowest BCUT2D eigenvalue weighted by Crippen LogP contribution is -2.44. The summed E-state index contributed by atoms with van der Waals surface area (Å²) in [5.74, 6) is 7.61. The predicted octanol–water partition coefficient (Wildman–Crippen LogP) is 4.86. The fourth-order valence-electron chi connectivity index (χ4n) is 4.09. The van der Waals surface area contributed by atoms with E-state index in [1.165, 1.54) is 5.01 Å². The van der Waals surface area contributed by atoms with Crippen molar-refractivity contribution < 1.29 is 19.4 Å². The van der Waals surface area contributed by atoms with Crippen LogP contribution < -0.4 is 25.6 Å². The van der Waals surface area contributed by atoms with Gasteiger partial charge >= 0.3 is 0 Å². The Morgan fingerprint density at radius 3 is 2.65 bits per heavy atom. The molecule has 0 bridgehead atoms. The molecule has 4 N–H and O–H groups in total. The van der Waals surface area contributed by atoms with Gasteiger partial charge in [-0.05, 0) is 79.7 Å². The molecule has 0 radical (unpaired) electrons. The minimum absolute atomic E-state index is 0.0375. The van der Waals surface area contributed by atoms with Crippen LogP contribution in [0.1, 0.15) is 37.9 Å². The van der Waals surface area contributed by atoms with Gasteiger partial charge in [0.25, 0.3) is 0 Å². The van der Waals surface area contributed by atoms with Crippen molar-refractivity contribution in [3.8, 4) is 17.2 Å². The highest BCUT2D eigenvalue weighted by molar-refractivity contribution is 5.89. The van der Waals surface area contributed by atoms with Crippen molar-refractivity contribution in [1.82, 2.24) is 10.3 Å². The van der Waals surface area contributed by atoms with E-state index < -0.39 is 6.04 Å². The molecule has 37 heavy (non-hydrogen) atoms. The van der Waals surface area contributed by atoms with Gasteiger partial charge in [-0.2, -0.15) is 0 Å². The van der Waals surface area contributed by atoms with Gasteiger partial charge in [-0.15, -0.1) is 0 Å². The second kappa shape index (κ2) is 11.6. The first-order valence-corrected chi connectivity index (χ1v) is 12.2. The number of hydrogen-bond acceptors (Lipinski definition) is 7. The second-order valence-electron chi connectivity index (χ2n) is 8.91. The summed E-state index contributed by atoms with van der Waals surface area (Å²) in [7, 11) is 0. The van der Waals surface area contributed by atoms with E-state index in [-0.39, 0.29) is 24.3 Å². The molecule has 0 aliphatic heterocycles. The number of aromatic nitrogens is 1. The molecule has 1 amide bonds. The van der Waals surface area contributed by atoms with Crippen LogP contribution >= 0.6 is 0 Å². The number of benzene rings is 3. The fourth-order valence-corrected chi connectivity index (χ4v) is 4.09. The maximum atomic E-state index is 13.6. The number of nitrogens with one attached hydrogen (secondary N) is 1.